The van der Waals surface area contributed by atoms with E-state index in [1.165, 1.54) is 0 Å². The molecule has 1 saturated heterocycles. The third kappa shape index (κ3) is 6.42. The quantitative estimate of drug-likeness (QED) is 0.536. The highest BCUT2D eigenvalue weighted by Gasteiger charge is 2.37. The molecule has 0 atom stereocenters. The number of halogens is 2. The Hall–Kier alpha value is -1.87. The minimum atomic E-state index is -2.92. The molecule has 1 amide bonds. The zero-order valence-electron chi connectivity index (χ0n) is 20.4. The van der Waals surface area contributed by atoms with Gasteiger partial charge in [0.1, 0.15) is 5.76 Å². The van der Waals surface area contributed by atoms with Gasteiger partial charge in [-0.05, 0) is 84.3 Å². The van der Waals surface area contributed by atoms with E-state index in [9.17, 15) is 13.6 Å². The first kappa shape index (κ1) is 25.2. The van der Waals surface area contributed by atoms with E-state index in [1.807, 2.05) is 6.92 Å². The number of thiazole rings is 1. The lowest BCUT2D eigenvalue weighted by Crippen LogP contribution is -2.39. The second-order valence-corrected chi connectivity index (χ2v) is 11.4. The van der Waals surface area contributed by atoms with Gasteiger partial charge in [0.05, 0.1) is 22.7 Å². The van der Waals surface area contributed by atoms with E-state index in [-0.39, 0.29) is 29.2 Å². The summed E-state index contributed by atoms with van der Waals surface area (Å²) in [5, 5.41) is 8.19. The number of piperidine rings is 1. The summed E-state index contributed by atoms with van der Waals surface area (Å²) in [6.07, 6.45) is 9.44. The minimum Gasteiger partial charge on any atom is -0.361 e. The topological polar surface area (TPSA) is 71.3 Å². The van der Waals surface area contributed by atoms with Gasteiger partial charge in [-0.2, -0.15) is 0 Å². The number of alkyl halides is 2. The van der Waals surface area contributed by atoms with Gasteiger partial charge in [-0.25, -0.2) is 13.8 Å². The van der Waals surface area contributed by atoms with Crippen molar-refractivity contribution in [2.24, 2.45) is 5.92 Å². The van der Waals surface area contributed by atoms with Crippen LogP contribution in [0.1, 0.15) is 84.7 Å². The number of carbonyl (C=O) groups is 1. The van der Waals surface area contributed by atoms with Crippen LogP contribution in [-0.2, 0) is 17.1 Å². The summed E-state index contributed by atoms with van der Waals surface area (Å²) in [5.41, 5.74) is 0.437. The second kappa shape index (κ2) is 10.8. The van der Waals surface area contributed by atoms with Crippen LogP contribution in [0.15, 0.2) is 10.7 Å². The van der Waals surface area contributed by atoms with E-state index in [0.29, 0.717) is 18.0 Å². The third-order valence-corrected chi connectivity index (χ3v) is 8.28. The molecule has 0 bridgehead atoms. The molecule has 3 heterocycles. The highest BCUT2D eigenvalue weighted by Crippen LogP contribution is 2.39. The SMILES string of the molecule is Cc1ncc(CC(=O)N[C@H]2CC[C@H](CCN3CCC(c4noc(C)c4C(C)(F)F)CC3)CC2)s1. The molecule has 2 aromatic rings. The molecule has 34 heavy (non-hydrogen) atoms. The van der Waals surface area contributed by atoms with Gasteiger partial charge in [-0.1, -0.05) is 5.16 Å². The number of rotatable bonds is 8. The van der Waals surface area contributed by atoms with Gasteiger partial charge in [0.15, 0.2) is 0 Å². The van der Waals surface area contributed by atoms with Crippen LogP contribution in [0, 0.1) is 19.8 Å². The fraction of sp³-hybridized carbons (Fsp3) is 0.720. The molecule has 9 heteroatoms. The van der Waals surface area contributed by atoms with Crippen LogP contribution in [0.5, 0.6) is 0 Å². The van der Waals surface area contributed by atoms with Gasteiger partial charge in [0.25, 0.3) is 5.92 Å². The van der Waals surface area contributed by atoms with E-state index < -0.39 is 5.92 Å². The summed E-state index contributed by atoms with van der Waals surface area (Å²) >= 11 is 1.58. The van der Waals surface area contributed by atoms with E-state index in [2.05, 4.69) is 20.4 Å². The van der Waals surface area contributed by atoms with Crippen LogP contribution in [0.2, 0.25) is 0 Å². The van der Waals surface area contributed by atoms with Crippen LogP contribution in [-0.4, -0.2) is 46.6 Å². The predicted octanol–water partition coefficient (Wildman–Crippen LogP) is 5.35. The molecule has 6 nitrogen and oxygen atoms in total. The molecular formula is C25H36F2N4O2S. The molecule has 2 fully saturated rings. The summed E-state index contributed by atoms with van der Waals surface area (Å²) in [7, 11) is 0. The number of hydrogen-bond acceptors (Lipinski definition) is 6. The molecule has 188 valence electrons. The smallest absolute Gasteiger partial charge is 0.275 e. The molecule has 0 spiro atoms. The van der Waals surface area contributed by atoms with Crippen molar-refractivity contribution in [3.63, 3.8) is 0 Å². The first-order valence-corrected chi connectivity index (χ1v) is 13.3. The normalized spacial score (nSPS) is 22.7. The van der Waals surface area contributed by atoms with Crippen molar-refractivity contribution in [1.82, 2.24) is 20.4 Å². The number of amides is 1. The molecule has 1 aliphatic carbocycles. The third-order valence-electron chi connectivity index (χ3n) is 7.37. The van der Waals surface area contributed by atoms with Gasteiger partial charge in [0, 0.05) is 30.0 Å². The lowest BCUT2D eigenvalue weighted by molar-refractivity contribution is -0.121. The van der Waals surface area contributed by atoms with E-state index >= 15 is 0 Å². The number of aromatic nitrogens is 2. The average Bonchev–Trinajstić information content (AvgIpc) is 3.38. The lowest BCUT2D eigenvalue weighted by Gasteiger charge is -2.34. The zero-order valence-corrected chi connectivity index (χ0v) is 21.2. The molecule has 4 rings (SSSR count). The maximum atomic E-state index is 14.0. The Morgan fingerprint density at radius 2 is 1.91 bits per heavy atom. The van der Waals surface area contributed by atoms with Crippen molar-refractivity contribution >= 4 is 17.2 Å². The van der Waals surface area contributed by atoms with E-state index in [1.54, 1.807) is 24.5 Å². The molecule has 0 unspecified atom stereocenters. The van der Waals surface area contributed by atoms with E-state index in [4.69, 9.17) is 4.52 Å². The van der Waals surface area contributed by atoms with Gasteiger partial charge in [-0.3, -0.25) is 4.79 Å². The van der Waals surface area contributed by atoms with Crippen LogP contribution >= 0.6 is 11.3 Å². The number of nitrogens with one attached hydrogen (secondary N) is 1. The zero-order chi connectivity index (χ0) is 24.3. The molecule has 0 radical (unpaired) electrons. The van der Waals surface area contributed by atoms with E-state index in [0.717, 1.165) is 81.4 Å². The number of nitrogens with zero attached hydrogens (tertiary/aromatic N) is 3. The molecule has 1 N–H and O–H groups in total. The number of hydrogen-bond donors (Lipinski definition) is 1. The van der Waals surface area contributed by atoms with Crippen LogP contribution < -0.4 is 5.32 Å². The summed E-state index contributed by atoms with van der Waals surface area (Å²) in [5.74, 6) is -1.85. The van der Waals surface area contributed by atoms with Crippen molar-refractivity contribution in [2.75, 3.05) is 19.6 Å². The van der Waals surface area contributed by atoms with Crippen molar-refractivity contribution in [1.29, 1.82) is 0 Å². The average molecular weight is 495 g/mol. The van der Waals surface area contributed by atoms with Crippen LogP contribution in [0.4, 0.5) is 8.78 Å². The van der Waals surface area contributed by atoms with Gasteiger partial charge < -0.3 is 14.7 Å². The Bertz CT molecular complexity index is 955. The predicted molar refractivity (Wildman–Crippen MR) is 128 cm³/mol. The molecule has 1 saturated carbocycles. The number of carbonyl (C=O) groups excluding carboxylic acids is 1. The maximum Gasteiger partial charge on any atom is 0.275 e. The van der Waals surface area contributed by atoms with Gasteiger partial charge >= 0.3 is 0 Å². The Morgan fingerprint density at radius 1 is 1.21 bits per heavy atom. The standard InChI is InChI=1S/C25H36F2N4O2S/c1-16-23(25(3,26)27)24(30-33-16)19-9-12-31(13-10-19)11-8-18-4-6-20(7-5-18)29-22(32)14-21-15-28-17(2)34-21/h15,18-20H,4-14H2,1-3H3,(H,29,32)/t18-,20-. The van der Waals surface area contributed by atoms with Crippen molar-refractivity contribution < 1.29 is 18.1 Å². The summed E-state index contributed by atoms with van der Waals surface area (Å²) in [6.45, 7) is 7.32. The fourth-order valence-electron chi connectivity index (χ4n) is 5.52. The fourth-order valence-corrected chi connectivity index (χ4v) is 6.31. The maximum absolute atomic E-state index is 14.0. The largest absolute Gasteiger partial charge is 0.361 e. The lowest BCUT2D eigenvalue weighted by atomic mass is 9.83. The molecule has 0 aromatic carbocycles. The Labute approximate surface area is 204 Å². The first-order valence-electron chi connectivity index (χ1n) is 12.5. The summed E-state index contributed by atoms with van der Waals surface area (Å²) in [6, 6.07) is 0.283. The highest BCUT2D eigenvalue weighted by molar-refractivity contribution is 7.11. The van der Waals surface area contributed by atoms with Crippen LogP contribution in [0.25, 0.3) is 0 Å². The van der Waals surface area contributed by atoms with Crippen molar-refractivity contribution in [3.8, 4) is 0 Å². The number of likely N-dealkylation sites (tertiary alicyclic amines) is 1. The van der Waals surface area contributed by atoms with Crippen molar-refractivity contribution in [3.05, 3.63) is 33.1 Å². The first-order chi connectivity index (χ1) is 16.2. The molecule has 2 aliphatic rings. The summed E-state index contributed by atoms with van der Waals surface area (Å²) in [4.78, 5) is 20.0. The Morgan fingerprint density at radius 3 is 2.53 bits per heavy atom. The summed E-state index contributed by atoms with van der Waals surface area (Å²) < 4.78 is 33.2. The Kier molecular flexibility index (Phi) is 8.02. The Balaban J connectivity index is 1.15. The molecular weight excluding hydrogens is 458 g/mol. The van der Waals surface area contributed by atoms with Crippen molar-refractivity contribution in [2.45, 2.75) is 90.0 Å². The molecule has 1 aliphatic heterocycles. The van der Waals surface area contributed by atoms with Crippen LogP contribution in [0.3, 0.4) is 0 Å². The molecule has 2 aromatic heterocycles. The highest BCUT2D eigenvalue weighted by atomic mass is 32.1. The minimum absolute atomic E-state index is 0.0167. The van der Waals surface area contributed by atoms with Gasteiger partial charge in [0.2, 0.25) is 5.91 Å². The second-order valence-electron chi connectivity index (χ2n) is 10.1. The monoisotopic (exact) mass is 494 g/mol. The number of aryl methyl sites for hydroxylation is 2. The van der Waals surface area contributed by atoms with Gasteiger partial charge in [-0.15, -0.1) is 11.3 Å².